The number of anilines is 2. The Morgan fingerprint density at radius 3 is 2.47 bits per heavy atom. The van der Waals surface area contributed by atoms with E-state index in [1.165, 1.54) is 25.7 Å². The van der Waals surface area contributed by atoms with Crippen molar-refractivity contribution in [1.82, 2.24) is 9.97 Å². The van der Waals surface area contributed by atoms with E-state index in [4.69, 9.17) is 5.73 Å². The first-order chi connectivity index (χ1) is 7.33. The number of nitrogen functional groups attached to an aromatic ring is 1. The summed E-state index contributed by atoms with van der Waals surface area (Å²) >= 11 is 0. The van der Waals surface area contributed by atoms with Gasteiger partial charge in [-0.15, -0.1) is 0 Å². The standard InChI is InChI=1S/C11H16N4/c12-11-13-6-5-9(15-11)14-10(7-1-2-7)8-3-4-8/h5-8,10H,1-4H2,(H3,12,13,14,15). The van der Waals surface area contributed by atoms with E-state index in [1.807, 2.05) is 6.07 Å². The fourth-order valence-electron chi connectivity index (χ4n) is 2.16. The summed E-state index contributed by atoms with van der Waals surface area (Å²) in [4.78, 5) is 8.08. The van der Waals surface area contributed by atoms with Crippen molar-refractivity contribution in [2.45, 2.75) is 31.7 Å². The monoisotopic (exact) mass is 204 g/mol. The smallest absolute Gasteiger partial charge is 0.221 e. The minimum Gasteiger partial charge on any atom is -0.368 e. The molecule has 2 aliphatic carbocycles. The molecule has 0 aromatic carbocycles. The second kappa shape index (κ2) is 3.36. The molecule has 3 rings (SSSR count). The molecule has 1 aromatic rings. The van der Waals surface area contributed by atoms with Gasteiger partial charge in [-0.05, 0) is 43.6 Å². The summed E-state index contributed by atoms with van der Waals surface area (Å²) in [6, 6.07) is 2.52. The fraction of sp³-hybridized carbons (Fsp3) is 0.636. The second-order valence-corrected chi connectivity index (χ2v) is 4.65. The lowest BCUT2D eigenvalue weighted by Gasteiger charge is -2.18. The van der Waals surface area contributed by atoms with Crippen LogP contribution < -0.4 is 11.1 Å². The minimum absolute atomic E-state index is 0.352. The zero-order valence-corrected chi connectivity index (χ0v) is 8.69. The Kier molecular flexibility index (Phi) is 2.01. The van der Waals surface area contributed by atoms with Gasteiger partial charge in [-0.1, -0.05) is 0 Å². The Labute approximate surface area is 89.3 Å². The van der Waals surface area contributed by atoms with Gasteiger partial charge in [-0.2, -0.15) is 4.98 Å². The summed E-state index contributed by atoms with van der Waals surface area (Å²) < 4.78 is 0. The Hall–Kier alpha value is -1.32. The van der Waals surface area contributed by atoms with Crippen LogP contribution in [-0.2, 0) is 0 Å². The molecule has 0 amide bonds. The Morgan fingerprint density at radius 1 is 1.27 bits per heavy atom. The van der Waals surface area contributed by atoms with Crippen LogP contribution in [0.1, 0.15) is 25.7 Å². The Morgan fingerprint density at radius 2 is 1.93 bits per heavy atom. The number of hydrogen-bond acceptors (Lipinski definition) is 4. The van der Waals surface area contributed by atoms with Gasteiger partial charge in [0.15, 0.2) is 0 Å². The number of rotatable bonds is 4. The first-order valence-electron chi connectivity index (χ1n) is 5.68. The largest absolute Gasteiger partial charge is 0.368 e. The topological polar surface area (TPSA) is 63.8 Å². The van der Waals surface area contributed by atoms with Gasteiger partial charge in [-0.25, -0.2) is 4.98 Å². The lowest BCUT2D eigenvalue weighted by atomic mass is 10.1. The van der Waals surface area contributed by atoms with Crippen molar-refractivity contribution in [2.24, 2.45) is 11.8 Å². The summed E-state index contributed by atoms with van der Waals surface area (Å²) in [5.74, 6) is 2.97. The van der Waals surface area contributed by atoms with Gasteiger partial charge in [0.05, 0.1) is 0 Å². The van der Waals surface area contributed by atoms with Gasteiger partial charge < -0.3 is 11.1 Å². The van der Waals surface area contributed by atoms with Crippen LogP contribution >= 0.6 is 0 Å². The van der Waals surface area contributed by atoms with Crippen molar-refractivity contribution in [3.8, 4) is 0 Å². The predicted molar refractivity (Wildman–Crippen MR) is 59.3 cm³/mol. The highest BCUT2D eigenvalue weighted by Gasteiger charge is 2.41. The number of hydrogen-bond donors (Lipinski definition) is 2. The van der Waals surface area contributed by atoms with E-state index in [0.717, 1.165) is 17.7 Å². The maximum Gasteiger partial charge on any atom is 0.221 e. The molecule has 2 saturated carbocycles. The average Bonchev–Trinajstić information content (AvgIpc) is 3.07. The molecule has 15 heavy (non-hydrogen) atoms. The van der Waals surface area contributed by atoms with Crippen LogP contribution in [0, 0.1) is 11.8 Å². The second-order valence-electron chi connectivity index (χ2n) is 4.65. The fourth-order valence-corrected chi connectivity index (χ4v) is 2.16. The van der Waals surface area contributed by atoms with E-state index in [0.29, 0.717) is 12.0 Å². The molecule has 80 valence electrons. The number of aromatic nitrogens is 2. The molecule has 2 aliphatic rings. The first-order valence-corrected chi connectivity index (χ1v) is 5.68. The number of nitrogens with two attached hydrogens (primary N) is 1. The molecule has 4 heteroatoms. The van der Waals surface area contributed by atoms with Gasteiger partial charge in [0.2, 0.25) is 5.95 Å². The van der Waals surface area contributed by atoms with Gasteiger partial charge in [0.1, 0.15) is 5.82 Å². The maximum absolute atomic E-state index is 5.56. The molecule has 1 heterocycles. The number of nitrogens with zero attached hydrogens (tertiary/aromatic N) is 2. The zero-order chi connectivity index (χ0) is 10.3. The van der Waals surface area contributed by atoms with Gasteiger partial charge in [0, 0.05) is 12.2 Å². The minimum atomic E-state index is 0.352. The molecule has 0 spiro atoms. The van der Waals surface area contributed by atoms with Gasteiger partial charge in [0.25, 0.3) is 0 Å². The van der Waals surface area contributed by atoms with E-state index in [2.05, 4.69) is 15.3 Å². The molecule has 0 bridgehead atoms. The van der Waals surface area contributed by atoms with Gasteiger partial charge in [-0.3, -0.25) is 0 Å². The average molecular weight is 204 g/mol. The molecule has 0 aliphatic heterocycles. The van der Waals surface area contributed by atoms with Crippen LogP contribution in [-0.4, -0.2) is 16.0 Å². The summed E-state index contributed by atoms with van der Waals surface area (Å²) in [5, 5.41) is 3.51. The van der Waals surface area contributed by atoms with Crippen molar-refractivity contribution >= 4 is 11.8 Å². The normalized spacial score (nSPS) is 20.6. The van der Waals surface area contributed by atoms with Crippen LogP contribution in [0.4, 0.5) is 11.8 Å². The predicted octanol–water partition coefficient (Wildman–Crippen LogP) is 1.66. The van der Waals surface area contributed by atoms with Crippen molar-refractivity contribution in [2.75, 3.05) is 11.1 Å². The summed E-state index contributed by atoms with van der Waals surface area (Å²) in [6.07, 6.45) is 7.19. The highest BCUT2D eigenvalue weighted by Crippen LogP contribution is 2.45. The lowest BCUT2D eigenvalue weighted by Crippen LogP contribution is -2.24. The molecule has 2 fully saturated rings. The van der Waals surface area contributed by atoms with E-state index in [1.54, 1.807) is 6.20 Å². The third kappa shape index (κ3) is 2.03. The van der Waals surface area contributed by atoms with Crippen LogP contribution in [0.15, 0.2) is 12.3 Å². The Balaban J connectivity index is 1.71. The molecule has 0 saturated heterocycles. The maximum atomic E-state index is 5.56. The molecule has 0 unspecified atom stereocenters. The van der Waals surface area contributed by atoms with E-state index in [9.17, 15) is 0 Å². The third-order valence-electron chi connectivity index (χ3n) is 3.25. The molecule has 3 N–H and O–H groups in total. The summed E-state index contributed by atoms with van der Waals surface area (Å²) in [7, 11) is 0. The van der Waals surface area contributed by atoms with Gasteiger partial charge >= 0.3 is 0 Å². The van der Waals surface area contributed by atoms with Crippen LogP contribution in [0.25, 0.3) is 0 Å². The highest BCUT2D eigenvalue weighted by molar-refractivity contribution is 5.39. The van der Waals surface area contributed by atoms with Crippen molar-refractivity contribution in [1.29, 1.82) is 0 Å². The van der Waals surface area contributed by atoms with Crippen LogP contribution in [0.5, 0.6) is 0 Å². The highest BCUT2D eigenvalue weighted by atomic mass is 15.1. The molecule has 1 aromatic heterocycles. The molecular weight excluding hydrogens is 188 g/mol. The SMILES string of the molecule is Nc1nccc(NC(C2CC2)C2CC2)n1. The summed E-state index contributed by atoms with van der Waals surface area (Å²) in [5.41, 5.74) is 5.56. The van der Waals surface area contributed by atoms with Crippen LogP contribution in [0.2, 0.25) is 0 Å². The molecule has 4 nitrogen and oxygen atoms in total. The van der Waals surface area contributed by atoms with E-state index >= 15 is 0 Å². The summed E-state index contributed by atoms with van der Waals surface area (Å²) in [6.45, 7) is 0. The molecule has 0 radical (unpaired) electrons. The first kappa shape index (κ1) is 8.95. The number of nitrogens with one attached hydrogen (secondary N) is 1. The van der Waals surface area contributed by atoms with Crippen molar-refractivity contribution < 1.29 is 0 Å². The molecule has 0 atom stereocenters. The lowest BCUT2D eigenvalue weighted by molar-refractivity contribution is 0.565. The van der Waals surface area contributed by atoms with Crippen molar-refractivity contribution in [3.05, 3.63) is 12.3 Å². The van der Waals surface area contributed by atoms with E-state index in [-0.39, 0.29) is 0 Å². The quantitative estimate of drug-likeness (QED) is 0.783. The van der Waals surface area contributed by atoms with E-state index < -0.39 is 0 Å². The third-order valence-corrected chi connectivity index (χ3v) is 3.25. The Bertz CT molecular complexity index is 345. The zero-order valence-electron chi connectivity index (χ0n) is 8.69. The van der Waals surface area contributed by atoms with Crippen LogP contribution in [0.3, 0.4) is 0 Å². The molecular formula is C11H16N4. The van der Waals surface area contributed by atoms with Crippen molar-refractivity contribution in [3.63, 3.8) is 0 Å².